The van der Waals surface area contributed by atoms with Gasteiger partial charge in [-0.3, -0.25) is 0 Å². The van der Waals surface area contributed by atoms with E-state index in [0.717, 1.165) is 17.6 Å². The first-order valence-corrected chi connectivity index (χ1v) is 14.5. The van der Waals surface area contributed by atoms with E-state index in [4.69, 9.17) is 4.74 Å². The molecule has 6 nitrogen and oxygen atoms in total. The molecular weight excluding hydrogens is 542 g/mol. The third kappa shape index (κ3) is 6.70. The second kappa shape index (κ2) is 11.4. The zero-order valence-corrected chi connectivity index (χ0v) is 22.3. The number of sulfone groups is 1. The number of fused-ring (bicyclic) bond motifs is 1. The summed E-state index contributed by atoms with van der Waals surface area (Å²) < 4.78 is 84.2. The molecule has 1 aliphatic rings. The van der Waals surface area contributed by atoms with E-state index in [0.29, 0.717) is 40.2 Å². The van der Waals surface area contributed by atoms with Crippen molar-refractivity contribution < 1.29 is 30.7 Å². The fraction of sp³-hybridized carbons (Fsp3) is 0.385. The van der Waals surface area contributed by atoms with E-state index in [1.807, 2.05) is 0 Å². The van der Waals surface area contributed by atoms with Gasteiger partial charge in [-0.1, -0.05) is 24.0 Å². The molecule has 2 heterocycles. The molecule has 1 fully saturated rings. The Labute approximate surface area is 222 Å². The standard InChI is InChI=1S/C26H27F4N3O3S2/c1-36-23-13-16(38(2,34)35)8-9-21(23)32-11-4-7-24-18(14-26(28,29)30)17-5-3-6-22(25(17)37-24)33-20-10-12-31-15-19(20)27/h3,5-6,8-9,13,19-20,31-33H,10-12,14-15H2,1-2H3/t19-,20+/m0/s1. The Morgan fingerprint density at radius 2 is 2.00 bits per heavy atom. The Hall–Kier alpha value is -3.01. The highest BCUT2D eigenvalue weighted by Crippen LogP contribution is 2.39. The lowest BCUT2D eigenvalue weighted by Crippen LogP contribution is -2.45. The molecule has 0 aliphatic carbocycles. The minimum absolute atomic E-state index is 0.0813. The van der Waals surface area contributed by atoms with Crippen molar-refractivity contribution in [1.29, 1.82) is 0 Å². The maximum Gasteiger partial charge on any atom is 0.393 e. The van der Waals surface area contributed by atoms with Crippen LogP contribution in [0, 0.1) is 11.8 Å². The lowest BCUT2D eigenvalue weighted by molar-refractivity contribution is -0.126. The molecule has 0 unspecified atom stereocenters. The maximum absolute atomic E-state index is 14.4. The number of alkyl halides is 4. The van der Waals surface area contributed by atoms with Crippen LogP contribution in [0.2, 0.25) is 0 Å². The summed E-state index contributed by atoms with van der Waals surface area (Å²) in [6, 6.07) is 8.97. The van der Waals surface area contributed by atoms with E-state index in [2.05, 4.69) is 27.8 Å². The minimum Gasteiger partial charge on any atom is -0.495 e. The first kappa shape index (κ1) is 28.0. The van der Waals surface area contributed by atoms with Gasteiger partial charge in [0.2, 0.25) is 0 Å². The fourth-order valence-electron chi connectivity index (χ4n) is 4.26. The zero-order chi connectivity index (χ0) is 27.5. The average Bonchev–Trinajstić information content (AvgIpc) is 3.19. The van der Waals surface area contributed by atoms with Gasteiger partial charge in [-0.05, 0) is 42.1 Å². The second-order valence-corrected chi connectivity index (χ2v) is 12.0. The summed E-state index contributed by atoms with van der Waals surface area (Å²) in [7, 11) is -2.02. The Morgan fingerprint density at radius 1 is 1.21 bits per heavy atom. The van der Waals surface area contributed by atoms with Gasteiger partial charge in [0.1, 0.15) is 11.9 Å². The molecule has 3 aromatic rings. The monoisotopic (exact) mass is 569 g/mol. The number of rotatable bonds is 7. The van der Waals surface area contributed by atoms with Gasteiger partial charge in [-0.2, -0.15) is 13.2 Å². The van der Waals surface area contributed by atoms with E-state index in [-0.39, 0.29) is 28.4 Å². The third-order valence-corrected chi connectivity index (χ3v) is 8.42. The quantitative estimate of drug-likeness (QED) is 0.275. The fourth-order valence-corrected chi connectivity index (χ4v) is 6.06. The van der Waals surface area contributed by atoms with Gasteiger partial charge in [0.25, 0.3) is 0 Å². The second-order valence-electron chi connectivity index (χ2n) is 8.93. The molecule has 3 N–H and O–H groups in total. The molecule has 204 valence electrons. The number of piperidine rings is 1. The largest absolute Gasteiger partial charge is 0.495 e. The number of hydrogen-bond acceptors (Lipinski definition) is 7. The highest BCUT2D eigenvalue weighted by Gasteiger charge is 2.31. The predicted octanol–water partition coefficient (Wildman–Crippen LogP) is 4.99. The molecule has 0 amide bonds. The Morgan fingerprint density at radius 3 is 2.68 bits per heavy atom. The van der Waals surface area contributed by atoms with Crippen LogP contribution in [0.25, 0.3) is 10.1 Å². The molecule has 1 aromatic heterocycles. The molecule has 1 saturated heterocycles. The van der Waals surface area contributed by atoms with E-state index >= 15 is 0 Å². The molecule has 4 rings (SSSR count). The molecule has 0 spiro atoms. The Kier molecular flexibility index (Phi) is 8.40. The van der Waals surface area contributed by atoms with Crippen molar-refractivity contribution in [1.82, 2.24) is 5.32 Å². The summed E-state index contributed by atoms with van der Waals surface area (Å²) in [5.74, 6) is 6.03. The van der Waals surface area contributed by atoms with E-state index in [1.54, 1.807) is 24.3 Å². The van der Waals surface area contributed by atoms with Crippen molar-refractivity contribution >= 4 is 42.6 Å². The van der Waals surface area contributed by atoms with E-state index in [1.165, 1.54) is 19.2 Å². The van der Waals surface area contributed by atoms with Gasteiger partial charge in [-0.25, -0.2) is 12.8 Å². The molecule has 2 aromatic carbocycles. The molecule has 12 heteroatoms. The van der Waals surface area contributed by atoms with Crippen molar-refractivity contribution in [2.45, 2.75) is 36.1 Å². The van der Waals surface area contributed by atoms with Gasteiger partial charge in [0.05, 0.1) is 52.0 Å². The molecular formula is C26H27F4N3O3S2. The summed E-state index contributed by atoms with van der Waals surface area (Å²) >= 11 is 1.15. The first-order valence-electron chi connectivity index (χ1n) is 11.8. The Bertz CT molecular complexity index is 1480. The van der Waals surface area contributed by atoms with Crippen molar-refractivity contribution in [2.24, 2.45) is 0 Å². The third-order valence-electron chi connectivity index (χ3n) is 6.11. The number of halogens is 4. The van der Waals surface area contributed by atoms with Crippen LogP contribution in [0.15, 0.2) is 41.3 Å². The van der Waals surface area contributed by atoms with Crippen molar-refractivity contribution in [3.8, 4) is 17.6 Å². The summed E-state index contributed by atoms with van der Waals surface area (Å²) in [5, 5.41) is 9.63. The summed E-state index contributed by atoms with van der Waals surface area (Å²) in [4.78, 5) is 0.385. The highest BCUT2D eigenvalue weighted by atomic mass is 32.2. The summed E-state index contributed by atoms with van der Waals surface area (Å²) in [5.41, 5.74) is 1.17. The van der Waals surface area contributed by atoms with Gasteiger partial charge >= 0.3 is 6.18 Å². The number of ether oxygens (including phenoxy) is 1. The van der Waals surface area contributed by atoms with Gasteiger partial charge < -0.3 is 20.7 Å². The highest BCUT2D eigenvalue weighted by molar-refractivity contribution is 7.90. The SMILES string of the molecule is COc1cc(S(C)(=O)=O)ccc1NCC#Cc1sc2c(N[C@@H]3CCNC[C@@H]3F)cccc2c1CC(F)(F)F. The number of methoxy groups -OCH3 is 1. The molecule has 1 aliphatic heterocycles. The number of hydrogen-bond donors (Lipinski definition) is 3. The van der Waals surface area contributed by atoms with Crippen LogP contribution >= 0.6 is 11.3 Å². The van der Waals surface area contributed by atoms with Gasteiger partial charge in [-0.15, -0.1) is 11.3 Å². The van der Waals surface area contributed by atoms with Crippen molar-refractivity contribution in [3.05, 3.63) is 46.8 Å². The summed E-state index contributed by atoms with van der Waals surface area (Å²) in [6.07, 6.45) is -5.02. The lowest BCUT2D eigenvalue weighted by atomic mass is 10.0. The molecule has 0 bridgehead atoms. The average molecular weight is 570 g/mol. The maximum atomic E-state index is 14.4. The molecule has 0 saturated carbocycles. The van der Waals surface area contributed by atoms with Crippen molar-refractivity contribution in [3.63, 3.8) is 0 Å². The van der Waals surface area contributed by atoms with Crippen LogP contribution in [0.1, 0.15) is 16.9 Å². The number of nitrogens with one attached hydrogen (secondary N) is 3. The predicted molar refractivity (Wildman–Crippen MR) is 143 cm³/mol. The molecule has 38 heavy (non-hydrogen) atoms. The zero-order valence-electron chi connectivity index (χ0n) is 20.7. The van der Waals surface area contributed by atoms with Crippen LogP contribution in [0.5, 0.6) is 5.75 Å². The minimum atomic E-state index is -4.43. The number of thiophene rings is 1. The van der Waals surface area contributed by atoms with Crippen LogP contribution in [-0.4, -0.2) is 59.8 Å². The topological polar surface area (TPSA) is 79.5 Å². The van der Waals surface area contributed by atoms with Crippen LogP contribution in [-0.2, 0) is 16.3 Å². The first-order chi connectivity index (χ1) is 18.0. The molecule has 0 radical (unpaired) electrons. The Balaban J connectivity index is 1.61. The van der Waals surface area contributed by atoms with Crippen LogP contribution in [0.4, 0.5) is 28.9 Å². The van der Waals surface area contributed by atoms with Crippen LogP contribution < -0.4 is 20.7 Å². The van der Waals surface area contributed by atoms with E-state index in [9.17, 15) is 26.0 Å². The van der Waals surface area contributed by atoms with E-state index < -0.39 is 34.6 Å². The normalized spacial score (nSPS) is 18.1. The number of benzene rings is 2. The van der Waals surface area contributed by atoms with Gasteiger partial charge in [0.15, 0.2) is 9.84 Å². The molecule has 2 atom stereocenters. The van der Waals surface area contributed by atoms with Crippen LogP contribution in [0.3, 0.4) is 0 Å². The lowest BCUT2D eigenvalue weighted by Gasteiger charge is -2.28. The summed E-state index contributed by atoms with van der Waals surface area (Å²) in [6.45, 7) is 0.963. The van der Waals surface area contributed by atoms with Gasteiger partial charge in [0, 0.05) is 18.9 Å². The number of anilines is 2. The smallest absolute Gasteiger partial charge is 0.393 e. The van der Waals surface area contributed by atoms with Crippen molar-refractivity contribution in [2.75, 3.05) is 43.6 Å².